The summed E-state index contributed by atoms with van der Waals surface area (Å²) in [5, 5.41) is 20.8. The van der Waals surface area contributed by atoms with Gasteiger partial charge in [0.1, 0.15) is 6.92 Å². The van der Waals surface area contributed by atoms with Gasteiger partial charge in [0.25, 0.3) is 5.84 Å². The molecule has 5 heteroatoms. The second-order valence-electron chi connectivity index (χ2n) is 4.25. The van der Waals surface area contributed by atoms with Crippen LogP contribution >= 0.6 is 0 Å². The van der Waals surface area contributed by atoms with Crippen molar-refractivity contribution in [2.45, 2.75) is 38.8 Å². The second-order valence-corrected chi connectivity index (χ2v) is 4.25. The quantitative estimate of drug-likeness (QED) is 0.250. The van der Waals surface area contributed by atoms with E-state index in [4.69, 9.17) is 16.6 Å². The Bertz CT molecular complexity index is 247. The highest BCUT2D eigenvalue weighted by atomic mass is 15.2. The van der Waals surface area contributed by atoms with Gasteiger partial charge < -0.3 is 0 Å². The summed E-state index contributed by atoms with van der Waals surface area (Å²) < 4.78 is 0. The molecule has 0 atom stereocenters. The number of nitrogens with zero attached hydrogens (tertiary/aromatic N) is 2. The maximum Gasteiger partial charge on any atom is 0.268 e. The SMILES string of the molecule is [CH2+]C(=N)C(C)(C)N=NC(C)(C)C(N)=[NH2+]. The van der Waals surface area contributed by atoms with E-state index in [0.717, 1.165) is 0 Å². The van der Waals surface area contributed by atoms with Gasteiger partial charge in [0.2, 0.25) is 5.71 Å². The standard InChI is InChI=1S/C9H18N5/c1-6(10)8(2,3)13-14-9(4,5)7(11)12/h10H,1H2,2-5H3,(H3,11,12)/q+1/p+1. The van der Waals surface area contributed by atoms with E-state index >= 15 is 0 Å². The lowest BCUT2D eigenvalue weighted by molar-refractivity contribution is -0.122. The number of nitrogens with one attached hydrogen (secondary N) is 1. The molecule has 0 unspecified atom stereocenters. The first-order valence-electron chi connectivity index (χ1n) is 4.33. The lowest BCUT2D eigenvalue weighted by atomic mass is 10.0. The zero-order valence-electron chi connectivity index (χ0n) is 9.26. The molecule has 0 amide bonds. The summed E-state index contributed by atoms with van der Waals surface area (Å²) >= 11 is 0. The van der Waals surface area contributed by atoms with E-state index in [-0.39, 0.29) is 11.5 Å². The van der Waals surface area contributed by atoms with Crippen LogP contribution in [-0.4, -0.2) is 22.6 Å². The van der Waals surface area contributed by atoms with Crippen LogP contribution < -0.4 is 11.1 Å². The van der Waals surface area contributed by atoms with Gasteiger partial charge in [-0.25, -0.2) is 0 Å². The summed E-state index contributed by atoms with van der Waals surface area (Å²) in [6.45, 7) is 10.6. The van der Waals surface area contributed by atoms with Crippen LogP contribution in [0.1, 0.15) is 27.7 Å². The van der Waals surface area contributed by atoms with Crippen LogP contribution in [0, 0.1) is 12.3 Å². The van der Waals surface area contributed by atoms with Gasteiger partial charge in [-0.05, 0) is 27.7 Å². The molecule has 0 aliphatic carbocycles. The van der Waals surface area contributed by atoms with Crippen LogP contribution in [0.4, 0.5) is 0 Å². The summed E-state index contributed by atoms with van der Waals surface area (Å²) in [6, 6.07) is 0. The predicted octanol–water partition coefficient (Wildman–Crippen LogP) is -0.0340. The summed E-state index contributed by atoms with van der Waals surface area (Å²) in [7, 11) is 0. The topological polar surface area (TPSA) is 100 Å². The highest BCUT2D eigenvalue weighted by molar-refractivity contribution is 5.93. The molecule has 0 saturated carbocycles. The molecule has 0 bridgehead atoms. The van der Waals surface area contributed by atoms with Crippen LogP contribution in [-0.2, 0) is 0 Å². The Morgan fingerprint density at radius 2 is 1.57 bits per heavy atom. The van der Waals surface area contributed by atoms with E-state index in [9.17, 15) is 0 Å². The van der Waals surface area contributed by atoms with Crippen molar-refractivity contribution in [2.75, 3.05) is 0 Å². The Labute approximate surface area is 84.8 Å². The zero-order chi connectivity index (χ0) is 11.6. The van der Waals surface area contributed by atoms with Crippen molar-refractivity contribution < 1.29 is 5.41 Å². The lowest BCUT2D eigenvalue weighted by Gasteiger charge is -2.16. The molecule has 0 spiro atoms. The zero-order valence-corrected chi connectivity index (χ0v) is 9.26. The molecule has 78 valence electrons. The van der Waals surface area contributed by atoms with E-state index in [1.165, 1.54) is 0 Å². The Kier molecular flexibility index (Phi) is 3.40. The van der Waals surface area contributed by atoms with Gasteiger partial charge in [0.05, 0.1) is 0 Å². The van der Waals surface area contributed by atoms with Gasteiger partial charge in [0.15, 0.2) is 11.1 Å². The number of rotatable bonds is 4. The van der Waals surface area contributed by atoms with Crippen LogP contribution in [0.5, 0.6) is 0 Å². The number of hydrogen-bond donors (Lipinski definition) is 3. The largest absolute Gasteiger partial charge is 0.289 e. The molecule has 5 N–H and O–H groups in total. The minimum absolute atomic E-state index is 0.202. The Hall–Kier alpha value is -1.39. The normalized spacial score (nSPS) is 13.1. The van der Waals surface area contributed by atoms with Gasteiger partial charge in [-0.15, -0.1) is 0 Å². The first-order valence-corrected chi connectivity index (χ1v) is 4.33. The van der Waals surface area contributed by atoms with E-state index in [2.05, 4.69) is 17.2 Å². The summed E-state index contributed by atoms with van der Waals surface area (Å²) in [4.78, 5) is 0. The lowest BCUT2D eigenvalue weighted by Crippen LogP contribution is -2.56. The average Bonchev–Trinajstić information content (AvgIpc) is 2.01. The molecule has 5 nitrogen and oxygen atoms in total. The Morgan fingerprint density at radius 1 is 1.21 bits per heavy atom. The highest BCUT2D eigenvalue weighted by Crippen LogP contribution is 2.15. The van der Waals surface area contributed by atoms with Gasteiger partial charge in [-0.1, -0.05) is 0 Å². The third kappa shape index (κ3) is 3.16. The van der Waals surface area contributed by atoms with Gasteiger partial charge >= 0.3 is 0 Å². The molecular weight excluding hydrogens is 178 g/mol. The molecule has 0 aliphatic heterocycles. The van der Waals surface area contributed by atoms with Crippen LogP contribution in [0.2, 0.25) is 0 Å². The fourth-order valence-corrected chi connectivity index (χ4v) is 0.368. The van der Waals surface area contributed by atoms with Crippen molar-refractivity contribution in [2.24, 2.45) is 16.0 Å². The Morgan fingerprint density at radius 3 is 1.86 bits per heavy atom. The number of azo groups is 1. The van der Waals surface area contributed by atoms with E-state index in [1.54, 1.807) is 27.7 Å². The van der Waals surface area contributed by atoms with Crippen molar-refractivity contribution >= 4 is 11.5 Å². The van der Waals surface area contributed by atoms with Crippen molar-refractivity contribution in [3.8, 4) is 0 Å². The molecule has 0 aromatic heterocycles. The predicted molar refractivity (Wildman–Crippen MR) is 57.2 cm³/mol. The fraction of sp³-hybridized carbons (Fsp3) is 0.667. The smallest absolute Gasteiger partial charge is 0.268 e. The number of nitrogens with two attached hydrogens (primary N) is 2. The molecule has 0 fully saturated rings. The van der Waals surface area contributed by atoms with Crippen molar-refractivity contribution in [1.29, 1.82) is 5.41 Å². The van der Waals surface area contributed by atoms with Crippen molar-refractivity contribution in [3.05, 3.63) is 6.92 Å². The minimum atomic E-state index is -0.702. The molecule has 0 saturated heterocycles. The molecule has 0 heterocycles. The summed E-state index contributed by atoms with van der Waals surface area (Å²) in [5.74, 6) is 0.202. The van der Waals surface area contributed by atoms with Crippen LogP contribution in [0.3, 0.4) is 0 Å². The van der Waals surface area contributed by atoms with Gasteiger partial charge in [-0.2, -0.15) is 10.2 Å². The highest BCUT2D eigenvalue weighted by Gasteiger charge is 2.30. The molecule has 0 aromatic rings. The van der Waals surface area contributed by atoms with Crippen molar-refractivity contribution in [1.82, 2.24) is 0 Å². The third-order valence-electron chi connectivity index (χ3n) is 1.99. The van der Waals surface area contributed by atoms with E-state index in [1.807, 2.05) is 0 Å². The maximum atomic E-state index is 7.38. The van der Waals surface area contributed by atoms with Gasteiger partial charge in [-0.3, -0.25) is 16.6 Å². The fourth-order valence-electron chi connectivity index (χ4n) is 0.368. The number of amidine groups is 1. The van der Waals surface area contributed by atoms with E-state index in [0.29, 0.717) is 0 Å². The van der Waals surface area contributed by atoms with E-state index < -0.39 is 11.1 Å². The second kappa shape index (κ2) is 3.77. The first kappa shape index (κ1) is 12.6. The summed E-state index contributed by atoms with van der Waals surface area (Å²) in [5.41, 5.74) is 4.25. The molecule has 0 rings (SSSR count). The van der Waals surface area contributed by atoms with Gasteiger partial charge in [0, 0.05) is 0 Å². The third-order valence-corrected chi connectivity index (χ3v) is 1.99. The minimum Gasteiger partial charge on any atom is -0.289 e. The molecule has 0 aromatic carbocycles. The maximum absolute atomic E-state index is 7.38. The average molecular weight is 197 g/mol. The first-order chi connectivity index (χ1) is 6.09. The molecule has 0 radical (unpaired) electrons. The monoisotopic (exact) mass is 197 g/mol. The van der Waals surface area contributed by atoms with Crippen LogP contribution in [0.25, 0.3) is 0 Å². The van der Waals surface area contributed by atoms with Crippen LogP contribution in [0.15, 0.2) is 10.2 Å². The molecule has 14 heavy (non-hydrogen) atoms. The Balaban J connectivity index is 4.76. The molecule has 0 aliphatic rings. The molecular formula is C9H19N5+2. The number of hydrogen-bond acceptors (Lipinski definition) is 3. The summed E-state index contributed by atoms with van der Waals surface area (Å²) in [6.07, 6.45) is 0. The van der Waals surface area contributed by atoms with Crippen molar-refractivity contribution in [3.63, 3.8) is 0 Å².